The molecule has 8 nitrogen and oxygen atoms in total. The number of carbonyl (C=O) groups is 2. The Morgan fingerprint density at radius 3 is 2.73 bits per heavy atom. The Kier molecular flexibility index (Phi) is 5.08. The van der Waals surface area contributed by atoms with Crippen LogP contribution in [0.4, 0.5) is 10.5 Å². The first kappa shape index (κ1) is 21.1. The number of hydrogen-bond acceptors (Lipinski definition) is 5. The number of carbonyl (C=O) groups excluding carboxylic acids is 2. The van der Waals surface area contributed by atoms with E-state index in [0.717, 1.165) is 28.1 Å². The average Bonchev–Trinajstić information content (AvgIpc) is 3.36. The lowest BCUT2D eigenvalue weighted by atomic mass is 10.1. The molecule has 33 heavy (non-hydrogen) atoms. The van der Waals surface area contributed by atoms with Gasteiger partial charge in [-0.2, -0.15) is 0 Å². The maximum Gasteiger partial charge on any atom is 0.410 e. The number of fused-ring (bicyclic) bond motifs is 4. The minimum Gasteiger partial charge on any atom is -0.491 e. The molecule has 1 aromatic heterocycles. The highest BCUT2D eigenvalue weighted by atomic mass is 16.6. The molecule has 0 radical (unpaired) electrons. The smallest absolute Gasteiger partial charge is 0.410 e. The van der Waals surface area contributed by atoms with Gasteiger partial charge >= 0.3 is 6.09 Å². The van der Waals surface area contributed by atoms with Gasteiger partial charge in [0.15, 0.2) is 0 Å². The quantitative estimate of drug-likeness (QED) is 0.629. The second-order valence-electron chi connectivity index (χ2n) is 9.31. The molecule has 170 valence electrons. The number of benzene rings is 2. The number of rotatable bonds is 2. The summed E-state index contributed by atoms with van der Waals surface area (Å²) < 4.78 is 13.3. The molecule has 5 rings (SSSR count). The predicted molar refractivity (Wildman–Crippen MR) is 123 cm³/mol. The molecule has 0 spiro atoms. The van der Waals surface area contributed by atoms with Crippen LogP contribution in [0.1, 0.15) is 42.3 Å². The molecule has 0 saturated heterocycles. The van der Waals surface area contributed by atoms with Gasteiger partial charge in [0.05, 0.1) is 24.8 Å². The molecular formula is C25H26N4O4. The van der Waals surface area contributed by atoms with Gasteiger partial charge in [0.1, 0.15) is 18.0 Å². The molecule has 8 heteroatoms. The van der Waals surface area contributed by atoms with Crippen LogP contribution in [-0.2, 0) is 24.4 Å². The van der Waals surface area contributed by atoms with Crippen molar-refractivity contribution in [2.75, 3.05) is 11.9 Å². The number of anilines is 1. The summed E-state index contributed by atoms with van der Waals surface area (Å²) in [7, 11) is 0. The normalized spacial score (nSPS) is 14.5. The zero-order chi connectivity index (χ0) is 23.2. The molecule has 2 amide bonds. The number of imidazole rings is 1. The van der Waals surface area contributed by atoms with Gasteiger partial charge in [-0.1, -0.05) is 6.07 Å². The lowest BCUT2D eigenvalue weighted by molar-refractivity contribution is 0.0241. The van der Waals surface area contributed by atoms with Gasteiger partial charge in [0, 0.05) is 29.9 Å². The third-order valence-corrected chi connectivity index (χ3v) is 5.66. The number of nitrogens with one attached hydrogen (secondary N) is 1. The number of hydrogen-bond donors (Lipinski definition) is 1. The maximum atomic E-state index is 13.0. The van der Waals surface area contributed by atoms with Crippen molar-refractivity contribution >= 4 is 17.7 Å². The summed E-state index contributed by atoms with van der Waals surface area (Å²) in [6, 6.07) is 11.1. The van der Waals surface area contributed by atoms with E-state index in [1.54, 1.807) is 23.5 Å². The van der Waals surface area contributed by atoms with Gasteiger partial charge in [0.25, 0.3) is 5.91 Å². The highest BCUT2D eigenvalue weighted by Crippen LogP contribution is 2.33. The Hall–Kier alpha value is -3.81. The van der Waals surface area contributed by atoms with E-state index in [-0.39, 0.29) is 12.0 Å². The minimum atomic E-state index is -0.540. The largest absolute Gasteiger partial charge is 0.491 e. The van der Waals surface area contributed by atoms with E-state index in [9.17, 15) is 9.59 Å². The van der Waals surface area contributed by atoms with Crippen LogP contribution in [0.2, 0.25) is 0 Å². The topological polar surface area (TPSA) is 85.7 Å². The van der Waals surface area contributed by atoms with Crippen LogP contribution in [0.25, 0.3) is 11.3 Å². The Morgan fingerprint density at radius 1 is 1.09 bits per heavy atom. The fourth-order valence-corrected chi connectivity index (χ4v) is 4.11. The SMILES string of the molecule is CC(C)(C)OC(=O)N1Cc2ccc(NC(=O)c3ccc4c(c3)-c3cncn3CCO4)cc2C1. The molecule has 3 aromatic rings. The van der Waals surface area contributed by atoms with Gasteiger partial charge in [0.2, 0.25) is 0 Å². The number of nitrogens with zero attached hydrogens (tertiary/aromatic N) is 3. The van der Waals surface area contributed by atoms with Crippen molar-refractivity contribution in [3.63, 3.8) is 0 Å². The molecule has 0 fully saturated rings. The van der Waals surface area contributed by atoms with Crippen LogP contribution in [0, 0.1) is 0 Å². The zero-order valence-electron chi connectivity index (χ0n) is 18.9. The molecule has 0 unspecified atom stereocenters. The number of amides is 2. The van der Waals surface area contributed by atoms with Crippen LogP contribution in [0.3, 0.4) is 0 Å². The molecule has 3 heterocycles. The maximum absolute atomic E-state index is 13.0. The summed E-state index contributed by atoms with van der Waals surface area (Å²) in [5.74, 6) is 0.528. The standard InChI is InChI=1S/C25H26N4O4/c1-25(2,3)33-24(31)29-13-17-4-6-19(10-18(17)14-29)27-23(30)16-5-7-22-20(11-16)21-12-26-15-28(21)8-9-32-22/h4-7,10-12,15H,8-9,13-14H2,1-3H3,(H,27,30). The molecule has 1 N–H and O–H groups in total. The van der Waals surface area contributed by atoms with Gasteiger partial charge in [-0.15, -0.1) is 0 Å². The third kappa shape index (κ3) is 4.28. The van der Waals surface area contributed by atoms with E-state index in [2.05, 4.69) is 10.3 Å². The monoisotopic (exact) mass is 446 g/mol. The molecular weight excluding hydrogens is 420 g/mol. The summed E-state index contributed by atoms with van der Waals surface area (Å²) in [6.07, 6.45) is 3.22. The number of aromatic nitrogens is 2. The van der Waals surface area contributed by atoms with Crippen molar-refractivity contribution in [3.05, 3.63) is 65.6 Å². The zero-order valence-corrected chi connectivity index (χ0v) is 18.9. The van der Waals surface area contributed by atoms with Gasteiger partial charge < -0.3 is 19.4 Å². The van der Waals surface area contributed by atoms with Crippen molar-refractivity contribution in [1.29, 1.82) is 0 Å². The van der Waals surface area contributed by atoms with E-state index < -0.39 is 5.60 Å². The summed E-state index contributed by atoms with van der Waals surface area (Å²) in [6.45, 7) is 7.77. The molecule has 2 aliphatic rings. The van der Waals surface area contributed by atoms with Crippen molar-refractivity contribution in [1.82, 2.24) is 14.5 Å². The summed E-state index contributed by atoms with van der Waals surface area (Å²) in [4.78, 5) is 31.3. The van der Waals surface area contributed by atoms with Crippen LogP contribution in [-0.4, -0.2) is 38.7 Å². The second kappa shape index (κ2) is 7.95. The van der Waals surface area contributed by atoms with E-state index in [1.165, 1.54) is 0 Å². The van der Waals surface area contributed by atoms with Gasteiger partial charge in [-0.25, -0.2) is 9.78 Å². The van der Waals surface area contributed by atoms with Gasteiger partial charge in [-0.05, 0) is 62.2 Å². The first-order chi connectivity index (χ1) is 15.8. The van der Waals surface area contributed by atoms with Crippen LogP contribution < -0.4 is 10.1 Å². The first-order valence-corrected chi connectivity index (χ1v) is 11.0. The molecule has 0 aliphatic carbocycles. The first-order valence-electron chi connectivity index (χ1n) is 11.0. The molecule has 2 aliphatic heterocycles. The molecule has 0 atom stereocenters. The lowest BCUT2D eigenvalue weighted by Gasteiger charge is -2.24. The fraction of sp³-hybridized carbons (Fsp3) is 0.320. The van der Waals surface area contributed by atoms with Gasteiger partial charge in [-0.3, -0.25) is 9.69 Å². The summed E-state index contributed by atoms with van der Waals surface area (Å²) in [5, 5.41) is 2.97. The Bertz CT molecular complexity index is 1240. The Morgan fingerprint density at radius 2 is 1.91 bits per heavy atom. The fourth-order valence-electron chi connectivity index (χ4n) is 4.11. The minimum absolute atomic E-state index is 0.213. The Labute approximate surface area is 192 Å². The predicted octanol–water partition coefficient (Wildman–Crippen LogP) is 4.45. The van der Waals surface area contributed by atoms with E-state index in [4.69, 9.17) is 9.47 Å². The lowest BCUT2D eigenvalue weighted by Crippen LogP contribution is -2.33. The van der Waals surface area contributed by atoms with Crippen LogP contribution in [0.15, 0.2) is 48.9 Å². The summed E-state index contributed by atoms with van der Waals surface area (Å²) >= 11 is 0. The van der Waals surface area contributed by atoms with E-state index in [0.29, 0.717) is 37.5 Å². The van der Waals surface area contributed by atoms with Crippen molar-refractivity contribution in [2.45, 2.75) is 46.0 Å². The number of ether oxygens (including phenoxy) is 2. The summed E-state index contributed by atoms with van der Waals surface area (Å²) in [5.41, 5.74) is 4.49. The molecule has 0 saturated carbocycles. The van der Waals surface area contributed by atoms with Crippen LogP contribution in [0.5, 0.6) is 5.75 Å². The molecule has 2 aromatic carbocycles. The van der Waals surface area contributed by atoms with Crippen molar-refractivity contribution in [2.24, 2.45) is 0 Å². The average molecular weight is 447 g/mol. The van der Waals surface area contributed by atoms with Crippen molar-refractivity contribution in [3.8, 4) is 17.0 Å². The van der Waals surface area contributed by atoms with Crippen LogP contribution >= 0.6 is 0 Å². The third-order valence-electron chi connectivity index (χ3n) is 5.66. The highest BCUT2D eigenvalue weighted by molar-refractivity contribution is 6.05. The Balaban J connectivity index is 1.32. The second-order valence-corrected chi connectivity index (χ2v) is 9.31. The van der Waals surface area contributed by atoms with Crippen molar-refractivity contribution < 1.29 is 19.1 Å². The van der Waals surface area contributed by atoms with E-state index >= 15 is 0 Å². The molecule has 0 bridgehead atoms. The van der Waals surface area contributed by atoms with E-state index in [1.807, 2.05) is 55.7 Å². The highest BCUT2D eigenvalue weighted by Gasteiger charge is 2.28.